The maximum atomic E-state index is 10.7. The highest BCUT2D eigenvalue weighted by molar-refractivity contribution is 4.95. The van der Waals surface area contributed by atoms with Gasteiger partial charge in [-0.15, -0.1) is 0 Å². The second-order valence-corrected chi connectivity index (χ2v) is 2.30. The number of hydrogen-bond donors (Lipinski definition) is 0. The number of rotatable bonds is 2. The summed E-state index contributed by atoms with van der Waals surface area (Å²) in [7, 11) is 0. The first-order valence-corrected chi connectivity index (χ1v) is 3.60. The van der Waals surface area contributed by atoms with Crippen LogP contribution >= 0.6 is 0 Å². The third-order valence-electron chi connectivity index (χ3n) is 1.41. The van der Waals surface area contributed by atoms with Crippen LogP contribution < -0.4 is 5.43 Å². The second kappa shape index (κ2) is 3.76. The molecule has 0 aromatic carbocycles. The van der Waals surface area contributed by atoms with Crippen LogP contribution in [0.25, 0.3) is 0 Å². The van der Waals surface area contributed by atoms with Gasteiger partial charge in [0, 0.05) is 31.1 Å². The summed E-state index contributed by atoms with van der Waals surface area (Å²) in [5, 5.41) is 0. The van der Waals surface area contributed by atoms with Crippen molar-refractivity contribution in [3.05, 3.63) is 46.9 Å². The molecule has 0 unspecified atom stereocenters. The maximum Gasteiger partial charge on any atom is 0.181 e. The molecule has 0 saturated heterocycles. The van der Waals surface area contributed by atoms with Crippen molar-refractivity contribution in [2.45, 2.75) is 13.5 Å². The van der Waals surface area contributed by atoms with Crippen molar-refractivity contribution < 1.29 is 0 Å². The van der Waals surface area contributed by atoms with Crippen LogP contribution in [0.5, 0.6) is 0 Å². The van der Waals surface area contributed by atoms with Gasteiger partial charge in [0.1, 0.15) is 0 Å². The smallest absolute Gasteiger partial charge is 0.181 e. The topological polar surface area (TPSA) is 22.0 Å². The van der Waals surface area contributed by atoms with Gasteiger partial charge in [0.25, 0.3) is 0 Å². The third kappa shape index (κ3) is 2.42. The first-order valence-electron chi connectivity index (χ1n) is 3.60. The van der Waals surface area contributed by atoms with Crippen molar-refractivity contribution in [3.8, 4) is 0 Å². The van der Waals surface area contributed by atoms with E-state index in [2.05, 4.69) is 0 Å². The average Bonchev–Trinajstić information content (AvgIpc) is 2.04. The fourth-order valence-electron chi connectivity index (χ4n) is 0.792. The van der Waals surface area contributed by atoms with Crippen LogP contribution in [0.15, 0.2) is 41.5 Å². The van der Waals surface area contributed by atoms with Crippen molar-refractivity contribution in [2.75, 3.05) is 0 Å². The van der Waals surface area contributed by atoms with Crippen LogP contribution in [0, 0.1) is 0 Å². The molecule has 0 spiro atoms. The van der Waals surface area contributed by atoms with Gasteiger partial charge < -0.3 is 4.57 Å². The van der Waals surface area contributed by atoms with Gasteiger partial charge in [0.05, 0.1) is 0 Å². The molecule has 0 fully saturated rings. The fraction of sp³-hybridized carbons (Fsp3) is 0.222. The Balaban J connectivity index is 2.74. The first kappa shape index (κ1) is 7.79. The minimum absolute atomic E-state index is 0.0572. The van der Waals surface area contributed by atoms with Crippen LogP contribution in [0.4, 0.5) is 0 Å². The van der Waals surface area contributed by atoms with E-state index in [1.54, 1.807) is 24.5 Å². The van der Waals surface area contributed by atoms with Crippen molar-refractivity contribution in [2.24, 2.45) is 0 Å². The van der Waals surface area contributed by atoms with Crippen LogP contribution in [-0.2, 0) is 6.54 Å². The molecule has 0 saturated carbocycles. The molecule has 58 valence electrons. The van der Waals surface area contributed by atoms with Crippen LogP contribution in [0.3, 0.4) is 0 Å². The molecular formula is C9H11NO. The summed E-state index contributed by atoms with van der Waals surface area (Å²) >= 11 is 0. The molecule has 0 bridgehead atoms. The van der Waals surface area contributed by atoms with E-state index in [4.69, 9.17) is 0 Å². The molecule has 0 atom stereocenters. The molecular weight excluding hydrogens is 138 g/mol. The first-order chi connectivity index (χ1) is 5.33. The molecule has 0 aliphatic heterocycles. The Morgan fingerprint density at radius 2 is 2.09 bits per heavy atom. The molecule has 0 amide bonds. The van der Waals surface area contributed by atoms with E-state index < -0.39 is 0 Å². The van der Waals surface area contributed by atoms with Gasteiger partial charge in [-0.2, -0.15) is 0 Å². The largest absolute Gasteiger partial charge is 0.350 e. The van der Waals surface area contributed by atoms with Gasteiger partial charge in [-0.05, 0) is 6.92 Å². The van der Waals surface area contributed by atoms with Crippen molar-refractivity contribution in [1.82, 2.24) is 4.57 Å². The molecule has 0 radical (unpaired) electrons. The molecule has 11 heavy (non-hydrogen) atoms. The van der Waals surface area contributed by atoms with Gasteiger partial charge in [-0.25, -0.2) is 0 Å². The Labute approximate surface area is 65.8 Å². The van der Waals surface area contributed by atoms with Gasteiger partial charge >= 0.3 is 0 Å². The monoisotopic (exact) mass is 149 g/mol. The highest BCUT2D eigenvalue weighted by Crippen LogP contribution is 1.84. The van der Waals surface area contributed by atoms with Crippen molar-refractivity contribution in [3.63, 3.8) is 0 Å². The lowest BCUT2D eigenvalue weighted by molar-refractivity contribution is 0.810. The molecule has 1 aromatic rings. The number of aromatic nitrogens is 1. The number of hydrogen-bond acceptors (Lipinski definition) is 1. The quantitative estimate of drug-likeness (QED) is 0.583. The van der Waals surface area contributed by atoms with Gasteiger partial charge in [-0.1, -0.05) is 12.2 Å². The van der Waals surface area contributed by atoms with Gasteiger partial charge in [0.15, 0.2) is 5.43 Å². The van der Waals surface area contributed by atoms with E-state index in [9.17, 15) is 4.79 Å². The minimum atomic E-state index is 0.0572. The zero-order chi connectivity index (χ0) is 8.10. The summed E-state index contributed by atoms with van der Waals surface area (Å²) in [6, 6.07) is 3.12. The summed E-state index contributed by atoms with van der Waals surface area (Å²) in [5.41, 5.74) is 0.0572. The normalized spacial score (nSPS) is 10.6. The third-order valence-corrected chi connectivity index (χ3v) is 1.41. The van der Waals surface area contributed by atoms with E-state index in [-0.39, 0.29) is 5.43 Å². The number of pyridine rings is 1. The highest BCUT2D eigenvalue weighted by Gasteiger charge is 1.83. The summed E-state index contributed by atoms with van der Waals surface area (Å²) in [6.07, 6.45) is 7.58. The van der Waals surface area contributed by atoms with E-state index >= 15 is 0 Å². The van der Waals surface area contributed by atoms with E-state index in [1.807, 2.05) is 23.6 Å². The molecule has 0 N–H and O–H groups in total. The predicted molar refractivity (Wildman–Crippen MR) is 45.5 cm³/mol. The molecule has 1 aromatic heterocycles. The molecule has 0 aliphatic rings. The lowest BCUT2D eigenvalue weighted by Crippen LogP contribution is -2.02. The summed E-state index contributed by atoms with van der Waals surface area (Å²) in [4.78, 5) is 10.7. The van der Waals surface area contributed by atoms with E-state index in [0.29, 0.717) is 0 Å². The Kier molecular flexibility index (Phi) is 2.66. The lowest BCUT2D eigenvalue weighted by Gasteiger charge is -1.98. The average molecular weight is 149 g/mol. The standard InChI is InChI=1S/C9H11NO/c1-2-3-6-10-7-4-9(11)5-8-10/h2-5,7-8H,6H2,1H3/b3-2+. The predicted octanol–water partition coefficient (Wildman–Crippen LogP) is 1.42. The fourth-order valence-corrected chi connectivity index (χ4v) is 0.792. The zero-order valence-corrected chi connectivity index (χ0v) is 6.53. The van der Waals surface area contributed by atoms with Crippen molar-refractivity contribution in [1.29, 1.82) is 0 Å². The van der Waals surface area contributed by atoms with Gasteiger partial charge in [0.2, 0.25) is 0 Å². The summed E-state index contributed by atoms with van der Waals surface area (Å²) < 4.78 is 1.95. The Morgan fingerprint density at radius 1 is 1.45 bits per heavy atom. The molecule has 0 aliphatic carbocycles. The molecule has 2 nitrogen and oxygen atoms in total. The van der Waals surface area contributed by atoms with Gasteiger partial charge in [-0.3, -0.25) is 4.79 Å². The summed E-state index contributed by atoms with van der Waals surface area (Å²) in [6.45, 7) is 2.80. The SMILES string of the molecule is C/C=C/Cn1ccc(=O)cc1. The molecule has 1 rings (SSSR count). The van der Waals surface area contributed by atoms with E-state index in [0.717, 1.165) is 6.54 Å². The molecule has 2 heteroatoms. The van der Waals surface area contributed by atoms with Crippen LogP contribution in [-0.4, -0.2) is 4.57 Å². The second-order valence-electron chi connectivity index (χ2n) is 2.30. The highest BCUT2D eigenvalue weighted by atomic mass is 16.1. The maximum absolute atomic E-state index is 10.7. The van der Waals surface area contributed by atoms with Crippen LogP contribution in [0.2, 0.25) is 0 Å². The Bertz CT molecular complexity index is 278. The summed E-state index contributed by atoms with van der Waals surface area (Å²) in [5.74, 6) is 0. The number of allylic oxidation sites excluding steroid dienone is 2. The van der Waals surface area contributed by atoms with Crippen LogP contribution in [0.1, 0.15) is 6.92 Å². The molecule has 1 heterocycles. The lowest BCUT2D eigenvalue weighted by atomic mass is 10.4. The Hall–Kier alpha value is -1.31. The Morgan fingerprint density at radius 3 is 2.64 bits per heavy atom. The van der Waals surface area contributed by atoms with Crippen molar-refractivity contribution >= 4 is 0 Å². The minimum Gasteiger partial charge on any atom is -0.350 e. The van der Waals surface area contributed by atoms with E-state index in [1.165, 1.54) is 0 Å². The number of nitrogens with zero attached hydrogens (tertiary/aromatic N) is 1. The zero-order valence-electron chi connectivity index (χ0n) is 6.53.